The molecule has 0 radical (unpaired) electrons. The molecule has 2 amide bonds. The van der Waals surface area contributed by atoms with Crippen LogP contribution in [0.25, 0.3) is 0 Å². The Bertz CT molecular complexity index is 266. The van der Waals surface area contributed by atoms with Crippen molar-refractivity contribution >= 4 is 17.8 Å². The molecular formula is C10H18N2O4. The third-order valence-corrected chi connectivity index (χ3v) is 1.93. The van der Waals surface area contributed by atoms with Crippen LogP contribution in [-0.4, -0.2) is 35.5 Å². The number of carbonyl (C=O) groups excluding carboxylic acids is 2. The number of hydrogen-bond donors (Lipinski definition) is 3. The van der Waals surface area contributed by atoms with E-state index in [9.17, 15) is 14.4 Å². The fourth-order valence-corrected chi connectivity index (χ4v) is 1.16. The summed E-state index contributed by atoms with van der Waals surface area (Å²) >= 11 is 0. The second-order valence-corrected chi connectivity index (χ2v) is 3.66. The minimum atomic E-state index is -0.836. The zero-order chi connectivity index (χ0) is 12.6. The Labute approximate surface area is 94.4 Å². The van der Waals surface area contributed by atoms with Crippen LogP contribution < -0.4 is 10.6 Å². The summed E-state index contributed by atoms with van der Waals surface area (Å²) in [5.74, 6) is -1.36. The van der Waals surface area contributed by atoms with Gasteiger partial charge in [0, 0.05) is 19.4 Å². The lowest BCUT2D eigenvalue weighted by atomic mass is 10.1. The first-order chi connectivity index (χ1) is 7.41. The van der Waals surface area contributed by atoms with Gasteiger partial charge in [0.15, 0.2) is 0 Å². The molecule has 0 spiro atoms. The Balaban J connectivity index is 3.61. The van der Waals surface area contributed by atoms with Crippen molar-refractivity contribution in [2.75, 3.05) is 6.54 Å². The number of nitrogens with one attached hydrogen (secondary N) is 2. The lowest BCUT2D eigenvalue weighted by Crippen LogP contribution is -2.40. The summed E-state index contributed by atoms with van der Waals surface area (Å²) in [5, 5.41) is 13.5. The summed E-state index contributed by atoms with van der Waals surface area (Å²) in [6.07, 6.45) is 1.24. The minimum Gasteiger partial charge on any atom is -0.481 e. The summed E-state index contributed by atoms with van der Waals surface area (Å²) < 4.78 is 0. The molecular weight excluding hydrogens is 212 g/mol. The van der Waals surface area contributed by atoms with Crippen LogP contribution in [0.5, 0.6) is 0 Å². The van der Waals surface area contributed by atoms with E-state index >= 15 is 0 Å². The molecule has 0 aromatic heterocycles. The van der Waals surface area contributed by atoms with Gasteiger partial charge in [-0.05, 0) is 19.8 Å². The molecule has 0 aliphatic rings. The van der Waals surface area contributed by atoms with E-state index in [-0.39, 0.29) is 30.8 Å². The van der Waals surface area contributed by atoms with Crippen molar-refractivity contribution in [2.45, 2.75) is 39.2 Å². The average molecular weight is 230 g/mol. The Hall–Kier alpha value is -1.59. The maximum Gasteiger partial charge on any atom is 0.303 e. The molecule has 0 aliphatic carbocycles. The summed E-state index contributed by atoms with van der Waals surface area (Å²) in [5.41, 5.74) is 0. The maximum atomic E-state index is 11.2. The van der Waals surface area contributed by atoms with Gasteiger partial charge in [0.1, 0.15) is 0 Å². The Kier molecular flexibility index (Phi) is 6.91. The first kappa shape index (κ1) is 14.4. The first-order valence-electron chi connectivity index (χ1n) is 5.17. The van der Waals surface area contributed by atoms with Gasteiger partial charge >= 0.3 is 5.97 Å². The molecule has 1 unspecified atom stereocenters. The summed E-state index contributed by atoms with van der Waals surface area (Å²) in [7, 11) is 0. The van der Waals surface area contributed by atoms with E-state index < -0.39 is 5.97 Å². The number of rotatable bonds is 7. The van der Waals surface area contributed by atoms with Crippen molar-refractivity contribution in [3.8, 4) is 0 Å². The molecule has 0 saturated carbocycles. The lowest BCUT2D eigenvalue weighted by molar-refractivity contribution is -0.137. The molecule has 16 heavy (non-hydrogen) atoms. The van der Waals surface area contributed by atoms with Gasteiger partial charge in [-0.1, -0.05) is 0 Å². The normalized spacial score (nSPS) is 11.6. The van der Waals surface area contributed by atoms with Crippen molar-refractivity contribution < 1.29 is 19.5 Å². The van der Waals surface area contributed by atoms with Crippen LogP contribution in [0.15, 0.2) is 0 Å². The molecule has 0 heterocycles. The third kappa shape index (κ3) is 8.98. The van der Waals surface area contributed by atoms with E-state index in [0.717, 1.165) is 0 Å². The Morgan fingerprint density at radius 1 is 1.31 bits per heavy atom. The standard InChI is InChI=1S/C10H18N2O4/c1-7(4-3-5-10(15)16)12-9(14)6-11-8(2)13/h7H,3-6H2,1-2H3,(H,11,13)(H,12,14)(H,15,16). The van der Waals surface area contributed by atoms with Gasteiger partial charge in [0.05, 0.1) is 6.54 Å². The molecule has 0 bridgehead atoms. The van der Waals surface area contributed by atoms with Crippen LogP contribution in [0.4, 0.5) is 0 Å². The largest absolute Gasteiger partial charge is 0.481 e. The minimum absolute atomic E-state index is 0.0431. The quantitative estimate of drug-likeness (QED) is 0.568. The Morgan fingerprint density at radius 3 is 2.44 bits per heavy atom. The molecule has 0 rings (SSSR count). The van der Waals surface area contributed by atoms with Crippen molar-refractivity contribution in [1.82, 2.24) is 10.6 Å². The molecule has 0 aromatic rings. The van der Waals surface area contributed by atoms with E-state index in [1.54, 1.807) is 6.92 Å². The van der Waals surface area contributed by atoms with Crippen molar-refractivity contribution in [1.29, 1.82) is 0 Å². The van der Waals surface area contributed by atoms with Crippen molar-refractivity contribution in [3.05, 3.63) is 0 Å². The van der Waals surface area contributed by atoms with Crippen LogP contribution in [0.3, 0.4) is 0 Å². The number of carbonyl (C=O) groups is 3. The van der Waals surface area contributed by atoms with Gasteiger partial charge in [-0.15, -0.1) is 0 Å². The molecule has 0 fully saturated rings. The second kappa shape index (κ2) is 7.67. The second-order valence-electron chi connectivity index (χ2n) is 3.66. The van der Waals surface area contributed by atoms with Gasteiger partial charge in [-0.25, -0.2) is 0 Å². The molecule has 6 heteroatoms. The zero-order valence-corrected chi connectivity index (χ0v) is 9.58. The highest BCUT2D eigenvalue weighted by atomic mass is 16.4. The van der Waals surface area contributed by atoms with Gasteiger partial charge in [0.25, 0.3) is 0 Å². The monoisotopic (exact) mass is 230 g/mol. The first-order valence-corrected chi connectivity index (χ1v) is 5.17. The summed E-state index contributed by atoms with van der Waals surface area (Å²) in [6, 6.07) is -0.0828. The molecule has 6 nitrogen and oxygen atoms in total. The molecule has 0 aromatic carbocycles. The van der Waals surface area contributed by atoms with Crippen LogP contribution in [0.2, 0.25) is 0 Å². The van der Waals surface area contributed by atoms with Crippen LogP contribution in [-0.2, 0) is 14.4 Å². The summed E-state index contributed by atoms with van der Waals surface area (Å²) in [6.45, 7) is 3.09. The van der Waals surface area contributed by atoms with Crippen LogP contribution in [0, 0.1) is 0 Å². The van der Waals surface area contributed by atoms with Crippen LogP contribution >= 0.6 is 0 Å². The molecule has 0 aliphatic heterocycles. The predicted molar refractivity (Wildman–Crippen MR) is 57.8 cm³/mol. The fourth-order valence-electron chi connectivity index (χ4n) is 1.16. The zero-order valence-electron chi connectivity index (χ0n) is 9.58. The van der Waals surface area contributed by atoms with E-state index in [1.165, 1.54) is 6.92 Å². The Morgan fingerprint density at radius 2 is 1.94 bits per heavy atom. The highest BCUT2D eigenvalue weighted by molar-refractivity contribution is 5.83. The van der Waals surface area contributed by atoms with E-state index in [0.29, 0.717) is 12.8 Å². The smallest absolute Gasteiger partial charge is 0.303 e. The van der Waals surface area contributed by atoms with Gasteiger partial charge in [0.2, 0.25) is 11.8 Å². The fraction of sp³-hybridized carbons (Fsp3) is 0.700. The molecule has 92 valence electrons. The number of hydrogen-bond acceptors (Lipinski definition) is 3. The molecule has 1 atom stereocenters. The number of carboxylic acids is 1. The van der Waals surface area contributed by atoms with Crippen LogP contribution in [0.1, 0.15) is 33.1 Å². The van der Waals surface area contributed by atoms with E-state index in [2.05, 4.69) is 10.6 Å². The molecule has 0 saturated heterocycles. The number of aliphatic carboxylic acids is 1. The topological polar surface area (TPSA) is 95.5 Å². The maximum absolute atomic E-state index is 11.2. The average Bonchev–Trinajstić information content (AvgIpc) is 2.14. The van der Waals surface area contributed by atoms with E-state index in [4.69, 9.17) is 5.11 Å². The van der Waals surface area contributed by atoms with Crippen molar-refractivity contribution in [2.24, 2.45) is 0 Å². The van der Waals surface area contributed by atoms with Gasteiger partial charge in [-0.2, -0.15) is 0 Å². The number of carboxylic acid groups (broad SMARTS) is 1. The summed E-state index contributed by atoms with van der Waals surface area (Å²) in [4.78, 5) is 32.0. The predicted octanol–water partition coefficient (Wildman–Crippen LogP) is -0.118. The number of amides is 2. The highest BCUT2D eigenvalue weighted by Gasteiger charge is 2.08. The van der Waals surface area contributed by atoms with Gasteiger partial charge in [-0.3, -0.25) is 14.4 Å². The van der Waals surface area contributed by atoms with Gasteiger partial charge < -0.3 is 15.7 Å². The van der Waals surface area contributed by atoms with Crippen molar-refractivity contribution in [3.63, 3.8) is 0 Å². The van der Waals surface area contributed by atoms with E-state index in [1.807, 2.05) is 0 Å². The lowest BCUT2D eigenvalue weighted by Gasteiger charge is -2.13. The highest BCUT2D eigenvalue weighted by Crippen LogP contribution is 1.99. The SMILES string of the molecule is CC(=O)NCC(=O)NC(C)CCCC(=O)O. The third-order valence-electron chi connectivity index (χ3n) is 1.93. The molecule has 3 N–H and O–H groups in total.